The number of phenolic OH excluding ortho intramolecular Hbond substituents is 1. The van der Waals surface area contributed by atoms with Gasteiger partial charge in [0, 0.05) is 15.3 Å². The summed E-state index contributed by atoms with van der Waals surface area (Å²) in [6.45, 7) is 4.46. The molecule has 1 aliphatic rings. The lowest BCUT2D eigenvalue weighted by molar-refractivity contribution is 0.472. The Hall–Kier alpha value is -1.87. The van der Waals surface area contributed by atoms with Crippen molar-refractivity contribution in [3.8, 4) is 16.9 Å². The SMILES string of the molecule is CCCCC1(C)c2ccc(Br)cc2-c2c1cc(O)c1cc(F)ccc21. The molecule has 1 aliphatic carbocycles. The van der Waals surface area contributed by atoms with Gasteiger partial charge in [0.05, 0.1) is 0 Å². The van der Waals surface area contributed by atoms with Crippen LogP contribution in [0.3, 0.4) is 0 Å². The van der Waals surface area contributed by atoms with Crippen LogP contribution in [0, 0.1) is 5.82 Å². The predicted octanol–water partition coefficient (Wildman–Crippen LogP) is 6.92. The molecule has 0 aliphatic heterocycles. The third-order valence-corrected chi connectivity index (χ3v) is 6.04. The summed E-state index contributed by atoms with van der Waals surface area (Å²) in [5, 5.41) is 12.1. The first-order chi connectivity index (χ1) is 12.0. The zero-order chi connectivity index (χ0) is 17.8. The monoisotopic (exact) mass is 398 g/mol. The first-order valence-corrected chi connectivity index (χ1v) is 9.51. The fourth-order valence-electron chi connectivity index (χ4n) is 4.25. The van der Waals surface area contributed by atoms with Gasteiger partial charge in [-0.1, -0.05) is 54.8 Å². The standard InChI is InChI=1S/C22H20BrFO/c1-3-4-9-22(2)18-8-5-13(23)10-17(18)21-15-7-6-14(24)11-16(15)20(25)12-19(21)22/h5-8,10-12,25H,3-4,9H2,1-2H3. The summed E-state index contributed by atoms with van der Waals surface area (Å²) in [7, 11) is 0. The first kappa shape index (κ1) is 16.6. The van der Waals surface area contributed by atoms with Crippen molar-refractivity contribution < 1.29 is 9.50 Å². The predicted molar refractivity (Wildman–Crippen MR) is 105 cm³/mol. The maximum Gasteiger partial charge on any atom is 0.123 e. The Balaban J connectivity index is 2.11. The van der Waals surface area contributed by atoms with E-state index >= 15 is 0 Å². The molecule has 3 aromatic rings. The topological polar surface area (TPSA) is 20.2 Å². The summed E-state index contributed by atoms with van der Waals surface area (Å²) in [6, 6.07) is 12.9. The first-order valence-electron chi connectivity index (χ1n) is 8.72. The lowest BCUT2D eigenvalue weighted by Crippen LogP contribution is -2.20. The van der Waals surface area contributed by atoms with Crippen LogP contribution in [0.5, 0.6) is 5.75 Å². The van der Waals surface area contributed by atoms with Gasteiger partial charge in [-0.2, -0.15) is 0 Å². The number of hydrogen-bond acceptors (Lipinski definition) is 1. The van der Waals surface area contributed by atoms with E-state index in [0.29, 0.717) is 5.39 Å². The summed E-state index contributed by atoms with van der Waals surface area (Å²) in [5.41, 5.74) is 4.60. The van der Waals surface area contributed by atoms with E-state index in [2.05, 4.69) is 48.0 Å². The van der Waals surface area contributed by atoms with Crippen molar-refractivity contribution >= 4 is 26.7 Å². The Labute approximate surface area is 155 Å². The number of phenols is 1. The van der Waals surface area contributed by atoms with Crippen LogP contribution in [0.25, 0.3) is 21.9 Å². The van der Waals surface area contributed by atoms with Gasteiger partial charge in [0.25, 0.3) is 0 Å². The molecule has 1 nitrogen and oxygen atoms in total. The minimum atomic E-state index is -0.330. The molecule has 1 unspecified atom stereocenters. The van der Waals surface area contributed by atoms with Crippen molar-refractivity contribution in [2.24, 2.45) is 0 Å². The minimum absolute atomic E-state index is 0.137. The van der Waals surface area contributed by atoms with E-state index in [0.717, 1.165) is 40.2 Å². The molecule has 0 saturated heterocycles. The molecular formula is C22H20BrFO. The second kappa shape index (κ2) is 5.84. The van der Waals surface area contributed by atoms with Gasteiger partial charge < -0.3 is 5.11 Å². The largest absolute Gasteiger partial charge is 0.507 e. The second-order valence-corrected chi connectivity index (χ2v) is 8.05. The highest BCUT2D eigenvalue weighted by Gasteiger charge is 2.40. The molecule has 3 aromatic carbocycles. The Kier molecular flexibility index (Phi) is 3.88. The molecule has 1 atom stereocenters. The molecule has 25 heavy (non-hydrogen) atoms. The van der Waals surface area contributed by atoms with Gasteiger partial charge in [-0.25, -0.2) is 4.39 Å². The second-order valence-electron chi connectivity index (χ2n) is 7.13. The Bertz CT molecular complexity index is 995. The maximum atomic E-state index is 13.7. The maximum absolute atomic E-state index is 13.7. The van der Waals surface area contributed by atoms with Crippen LogP contribution < -0.4 is 0 Å². The summed E-state index contributed by atoms with van der Waals surface area (Å²) in [6.07, 6.45) is 3.27. The zero-order valence-corrected chi connectivity index (χ0v) is 16.0. The minimum Gasteiger partial charge on any atom is -0.507 e. The molecule has 1 N–H and O–H groups in total. The number of fused-ring (bicyclic) bond motifs is 5. The van der Waals surface area contributed by atoms with Crippen LogP contribution in [0.15, 0.2) is 46.9 Å². The van der Waals surface area contributed by atoms with Gasteiger partial charge >= 0.3 is 0 Å². The third kappa shape index (κ3) is 2.40. The van der Waals surface area contributed by atoms with Gasteiger partial charge in [0.1, 0.15) is 11.6 Å². The molecule has 0 spiro atoms. The number of hydrogen-bond donors (Lipinski definition) is 1. The highest BCUT2D eigenvalue weighted by Crippen LogP contribution is 2.55. The highest BCUT2D eigenvalue weighted by molar-refractivity contribution is 9.10. The van der Waals surface area contributed by atoms with Crippen molar-refractivity contribution in [1.29, 1.82) is 0 Å². The highest BCUT2D eigenvalue weighted by atomic mass is 79.9. The van der Waals surface area contributed by atoms with E-state index in [9.17, 15) is 9.50 Å². The number of rotatable bonds is 3. The molecule has 0 bridgehead atoms. The molecule has 0 radical (unpaired) electrons. The Morgan fingerprint density at radius 1 is 1.04 bits per heavy atom. The smallest absolute Gasteiger partial charge is 0.123 e. The number of benzene rings is 3. The van der Waals surface area contributed by atoms with E-state index < -0.39 is 0 Å². The summed E-state index contributed by atoms with van der Waals surface area (Å²) < 4.78 is 14.8. The average molecular weight is 399 g/mol. The molecule has 4 rings (SSSR count). The fraction of sp³-hybridized carbons (Fsp3) is 0.273. The number of halogens is 2. The van der Waals surface area contributed by atoms with Crippen LogP contribution in [0.4, 0.5) is 4.39 Å². The zero-order valence-electron chi connectivity index (χ0n) is 14.4. The van der Waals surface area contributed by atoms with Gasteiger partial charge in [-0.3, -0.25) is 0 Å². The van der Waals surface area contributed by atoms with Crippen molar-refractivity contribution in [1.82, 2.24) is 0 Å². The van der Waals surface area contributed by atoms with E-state index in [1.54, 1.807) is 6.07 Å². The normalized spacial score (nSPS) is 18.4. The van der Waals surface area contributed by atoms with Crippen molar-refractivity contribution in [2.45, 2.75) is 38.5 Å². The molecule has 128 valence electrons. The number of aromatic hydroxyl groups is 1. The molecule has 0 amide bonds. The Morgan fingerprint density at radius 3 is 2.60 bits per heavy atom. The average Bonchev–Trinajstić information content (AvgIpc) is 2.82. The number of unbranched alkanes of at least 4 members (excludes halogenated alkanes) is 1. The molecule has 3 heteroatoms. The Morgan fingerprint density at radius 2 is 1.84 bits per heavy atom. The van der Waals surface area contributed by atoms with Crippen LogP contribution >= 0.6 is 15.9 Å². The van der Waals surface area contributed by atoms with Crippen LogP contribution in [-0.2, 0) is 5.41 Å². The van der Waals surface area contributed by atoms with E-state index in [1.807, 2.05) is 6.07 Å². The van der Waals surface area contributed by atoms with Crippen molar-refractivity contribution in [3.05, 3.63) is 63.9 Å². The van der Waals surface area contributed by atoms with Crippen LogP contribution in [-0.4, -0.2) is 5.11 Å². The van der Waals surface area contributed by atoms with Gasteiger partial charge in [-0.15, -0.1) is 0 Å². The van der Waals surface area contributed by atoms with E-state index in [4.69, 9.17) is 0 Å². The lowest BCUT2D eigenvalue weighted by Gasteiger charge is -2.27. The van der Waals surface area contributed by atoms with Crippen LogP contribution in [0.1, 0.15) is 44.2 Å². The fourth-order valence-corrected chi connectivity index (χ4v) is 4.61. The lowest BCUT2D eigenvalue weighted by atomic mass is 9.76. The summed E-state index contributed by atoms with van der Waals surface area (Å²) >= 11 is 3.59. The molecule has 0 heterocycles. The molecule has 0 fully saturated rings. The van der Waals surface area contributed by atoms with Crippen molar-refractivity contribution in [2.75, 3.05) is 0 Å². The van der Waals surface area contributed by atoms with Gasteiger partial charge in [0.2, 0.25) is 0 Å². The van der Waals surface area contributed by atoms with E-state index in [1.165, 1.54) is 23.3 Å². The quantitative estimate of drug-likeness (QED) is 0.507. The molecule has 0 aromatic heterocycles. The van der Waals surface area contributed by atoms with Gasteiger partial charge in [-0.05, 0) is 64.4 Å². The molecular weight excluding hydrogens is 379 g/mol. The van der Waals surface area contributed by atoms with E-state index in [-0.39, 0.29) is 17.0 Å². The summed E-state index contributed by atoms with van der Waals surface area (Å²) in [5.74, 6) is -0.174. The summed E-state index contributed by atoms with van der Waals surface area (Å²) in [4.78, 5) is 0. The third-order valence-electron chi connectivity index (χ3n) is 5.55. The van der Waals surface area contributed by atoms with Crippen LogP contribution in [0.2, 0.25) is 0 Å². The molecule has 0 saturated carbocycles. The van der Waals surface area contributed by atoms with Crippen molar-refractivity contribution in [3.63, 3.8) is 0 Å². The van der Waals surface area contributed by atoms with Gasteiger partial charge in [0.15, 0.2) is 0 Å².